The van der Waals surface area contributed by atoms with Crippen LogP contribution in [0.1, 0.15) is 12.5 Å². The summed E-state index contributed by atoms with van der Waals surface area (Å²) < 4.78 is 44.3. The molecule has 0 fully saturated rings. The van der Waals surface area contributed by atoms with Crippen LogP contribution in [0.2, 0.25) is 0 Å². The molecule has 1 N–H and O–H groups in total. The summed E-state index contributed by atoms with van der Waals surface area (Å²) in [5.74, 6) is 0.534. The number of ether oxygens (including phenoxy) is 1. The van der Waals surface area contributed by atoms with Gasteiger partial charge in [-0.2, -0.15) is 18.3 Å². The van der Waals surface area contributed by atoms with Crippen molar-refractivity contribution in [2.75, 3.05) is 7.05 Å². The highest BCUT2D eigenvalue weighted by molar-refractivity contribution is 5.36. The maximum absolute atomic E-state index is 12.5. The van der Waals surface area contributed by atoms with Crippen molar-refractivity contribution in [3.8, 4) is 11.4 Å². The summed E-state index contributed by atoms with van der Waals surface area (Å²) in [6.45, 7) is 1.83. The van der Waals surface area contributed by atoms with Crippen molar-refractivity contribution in [1.29, 1.82) is 0 Å². The molecular weight excluding hydrogens is 271 g/mol. The largest absolute Gasteiger partial charge is 0.472 e. The predicted octanol–water partition coefficient (Wildman–Crippen LogP) is 2.84. The molecule has 1 heterocycles. The number of halogens is 3. The molecule has 1 unspecified atom stereocenters. The lowest BCUT2D eigenvalue weighted by Gasteiger charge is -2.10. The molecule has 108 valence electrons. The Morgan fingerprint density at radius 1 is 1.25 bits per heavy atom. The van der Waals surface area contributed by atoms with E-state index in [4.69, 9.17) is 4.74 Å². The normalized spacial score (nSPS) is 13.2. The van der Waals surface area contributed by atoms with Crippen molar-refractivity contribution in [3.05, 3.63) is 42.2 Å². The van der Waals surface area contributed by atoms with Gasteiger partial charge in [0, 0.05) is 0 Å². The van der Waals surface area contributed by atoms with E-state index in [1.54, 1.807) is 13.2 Å². The maximum atomic E-state index is 12.5. The van der Waals surface area contributed by atoms with Crippen LogP contribution in [-0.4, -0.2) is 23.1 Å². The van der Waals surface area contributed by atoms with Gasteiger partial charge in [-0.1, -0.05) is 0 Å². The van der Waals surface area contributed by atoms with Crippen LogP contribution in [0.25, 0.3) is 5.69 Å². The number of rotatable bonds is 4. The number of nitrogens with zero attached hydrogens (tertiary/aromatic N) is 2. The first-order chi connectivity index (χ1) is 9.40. The molecule has 0 bridgehead atoms. The standard InChI is InChI=1S/C13H14F3N3O/c1-9(17-2)20-12-7-18-19(8-12)11-5-3-10(4-6-11)13(14,15)16/h3-9,17H,1-2H3. The van der Waals surface area contributed by atoms with Gasteiger partial charge in [0.1, 0.15) is 6.23 Å². The van der Waals surface area contributed by atoms with E-state index in [9.17, 15) is 13.2 Å². The van der Waals surface area contributed by atoms with Crippen LogP contribution in [0.4, 0.5) is 13.2 Å². The van der Waals surface area contributed by atoms with Gasteiger partial charge in [0.2, 0.25) is 0 Å². The molecule has 0 aliphatic carbocycles. The second kappa shape index (κ2) is 5.54. The van der Waals surface area contributed by atoms with Crippen molar-refractivity contribution in [2.24, 2.45) is 0 Å². The second-order valence-electron chi connectivity index (χ2n) is 4.21. The zero-order valence-electron chi connectivity index (χ0n) is 11.0. The zero-order valence-corrected chi connectivity index (χ0v) is 11.0. The smallest absolute Gasteiger partial charge is 0.416 e. The van der Waals surface area contributed by atoms with Crippen molar-refractivity contribution < 1.29 is 17.9 Å². The van der Waals surface area contributed by atoms with E-state index in [1.807, 2.05) is 6.92 Å². The molecular formula is C13H14F3N3O. The van der Waals surface area contributed by atoms with Gasteiger partial charge in [0.15, 0.2) is 5.75 Å². The van der Waals surface area contributed by atoms with Crippen molar-refractivity contribution >= 4 is 0 Å². The number of benzene rings is 1. The fraction of sp³-hybridized carbons (Fsp3) is 0.308. The maximum Gasteiger partial charge on any atom is 0.416 e. The van der Waals surface area contributed by atoms with Crippen molar-refractivity contribution in [1.82, 2.24) is 15.1 Å². The van der Waals surface area contributed by atoms with E-state index in [1.165, 1.54) is 23.0 Å². The summed E-state index contributed by atoms with van der Waals surface area (Å²) in [6, 6.07) is 4.77. The van der Waals surface area contributed by atoms with Crippen LogP contribution in [0, 0.1) is 0 Å². The molecule has 0 radical (unpaired) electrons. The first kappa shape index (κ1) is 14.4. The van der Waals surface area contributed by atoms with Gasteiger partial charge < -0.3 is 4.74 Å². The molecule has 2 rings (SSSR count). The Kier molecular flexibility index (Phi) is 3.99. The number of aromatic nitrogens is 2. The van der Waals surface area contributed by atoms with Crippen LogP contribution in [-0.2, 0) is 6.18 Å². The van der Waals surface area contributed by atoms with Crippen LogP contribution in [0.15, 0.2) is 36.7 Å². The molecule has 0 saturated carbocycles. The minimum Gasteiger partial charge on any atom is -0.472 e. The lowest BCUT2D eigenvalue weighted by molar-refractivity contribution is -0.137. The lowest BCUT2D eigenvalue weighted by Crippen LogP contribution is -2.27. The number of nitrogens with one attached hydrogen (secondary N) is 1. The highest BCUT2D eigenvalue weighted by Crippen LogP contribution is 2.29. The quantitative estimate of drug-likeness (QED) is 0.878. The number of alkyl halides is 3. The number of hydrogen-bond acceptors (Lipinski definition) is 3. The number of hydrogen-bond donors (Lipinski definition) is 1. The Morgan fingerprint density at radius 3 is 2.45 bits per heavy atom. The van der Waals surface area contributed by atoms with Gasteiger partial charge in [-0.25, -0.2) is 4.68 Å². The molecule has 20 heavy (non-hydrogen) atoms. The molecule has 0 spiro atoms. The van der Waals surface area contributed by atoms with Gasteiger partial charge in [-0.3, -0.25) is 5.32 Å². The highest BCUT2D eigenvalue weighted by Gasteiger charge is 2.30. The van der Waals surface area contributed by atoms with Crippen LogP contribution in [0.3, 0.4) is 0 Å². The van der Waals surface area contributed by atoms with E-state index in [2.05, 4.69) is 10.4 Å². The Bertz CT molecular complexity index is 563. The van der Waals surface area contributed by atoms with Crippen molar-refractivity contribution in [2.45, 2.75) is 19.3 Å². The molecule has 7 heteroatoms. The summed E-state index contributed by atoms with van der Waals surface area (Å²) in [7, 11) is 1.75. The Hall–Kier alpha value is -2.02. The summed E-state index contributed by atoms with van der Waals surface area (Å²) in [5.41, 5.74) is -0.154. The van der Waals surface area contributed by atoms with Gasteiger partial charge in [0.25, 0.3) is 0 Å². The molecule has 0 aliphatic rings. The minimum absolute atomic E-state index is 0.180. The molecule has 0 aliphatic heterocycles. The first-order valence-electron chi connectivity index (χ1n) is 5.96. The lowest BCUT2D eigenvalue weighted by atomic mass is 10.2. The average Bonchev–Trinajstić information content (AvgIpc) is 2.86. The highest BCUT2D eigenvalue weighted by atomic mass is 19.4. The van der Waals surface area contributed by atoms with E-state index < -0.39 is 11.7 Å². The average molecular weight is 285 g/mol. The van der Waals surface area contributed by atoms with E-state index in [0.29, 0.717) is 11.4 Å². The molecule has 0 amide bonds. The third-order valence-corrected chi connectivity index (χ3v) is 2.74. The van der Waals surface area contributed by atoms with Gasteiger partial charge in [-0.15, -0.1) is 0 Å². The summed E-state index contributed by atoms with van der Waals surface area (Å²) in [5, 5.41) is 6.95. The molecule has 0 saturated heterocycles. The Labute approximate surface area is 114 Å². The monoisotopic (exact) mass is 285 g/mol. The summed E-state index contributed by atoms with van der Waals surface area (Å²) in [4.78, 5) is 0. The summed E-state index contributed by atoms with van der Waals surface area (Å²) >= 11 is 0. The van der Waals surface area contributed by atoms with E-state index in [-0.39, 0.29) is 6.23 Å². The topological polar surface area (TPSA) is 39.1 Å². The second-order valence-corrected chi connectivity index (χ2v) is 4.21. The molecule has 1 aromatic carbocycles. The third-order valence-electron chi connectivity index (χ3n) is 2.74. The van der Waals surface area contributed by atoms with Gasteiger partial charge in [-0.05, 0) is 38.2 Å². The predicted molar refractivity (Wildman–Crippen MR) is 67.7 cm³/mol. The van der Waals surface area contributed by atoms with Gasteiger partial charge in [0.05, 0.1) is 23.6 Å². The first-order valence-corrected chi connectivity index (χ1v) is 5.96. The van der Waals surface area contributed by atoms with Gasteiger partial charge >= 0.3 is 6.18 Å². The Balaban J connectivity index is 2.16. The molecule has 2 aromatic rings. The van der Waals surface area contributed by atoms with E-state index in [0.717, 1.165) is 12.1 Å². The third kappa shape index (κ3) is 3.30. The van der Waals surface area contributed by atoms with Crippen LogP contribution < -0.4 is 10.1 Å². The van der Waals surface area contributed by atoms with Crippen LogP contribution >= 0.6 is 0 Å². The Morgan fingerprint density at radius 2 is 1.90 bits per heavy atom. The SMILES string of the molecule is CNC(C)Oc1cnn(-c2ccc(C(F)(F)F)cc2)c1. The molecule has 4 nitrogen and oxygen atoms in total. The molecule has 1 atom stereocenters. The van der Waals surface area contributed by atoms with Crippen molar-refractivity contribution in [3.63, 3.8) is 0 Å². The fourth-order valence-corrected chi connectivity index (χ4v) is 1.57. The zero-order chi connectivity index (χ0) is 14.8. The fourth-order valence-electron chi connectivity index (χ4n) is 1.57. The van der Waals surface area contributed by atoms with Crippen LogP contribution in [0.5, 0.6) is 5.75 Å². The summed E-state index contributed by atoms with van der Waals surface area (Å²) in [6.07, 6.45) is -1.40. The van der Waals surface area contributed by atoms with E-state index >= 15 is 0 Å². The molecule has 1 aromatic heterocycles. The minimum atomic E-state index is -4.33.